The van der Waals surface area contributed by atoms with Gasteiger partial charge in [-0.05, 0) is 54.3 Å². The molecule has 1 aliphatic heterocycles. The van der Waals surface area contributed by atoms with E-state index in [4.69, 9.17) is 22.2 Å². The van der Waals surface area contributed by atoms with E-state index in [9.17, 15) is 14.4 Å². The van der Waals surface area contributed by atoms with Gasteiger partial charge in [-0.25, -0.2) is 25.3 Å². The maximum atomic E-state index is 13.5. The van der Waals surface area contributed by atoms with Gasteiger partial charge in [0.05, 0.1) is 19.6 Å². The molecule has 10 heteroatoms. The molecule has 1 unspecified atom stereocenters. The fraction of sp³-hybridized carbons (Fsp3) is 0.375. The zero-order valence-electron chi connectivity index (χ0n) is 19.7. The van der Waals surface area contributed by atoms with Crippen molar-refractivity contribution in [3.63, 3.8) is 0 Å². The summed E-state index contributed by atoms with van der Waals surface area (Å²) in [5.74, 6) is 4.98. The fourth-order valence-corrected chi connectivity index (χ4v) is 3.99. The lowest BCUT2D eigenvalue weighted by molar-refractivity contribution is -0.145. The highest BCUT2D eigenvalue weighted by Gasteiger charge is 2.44. The van der Waals surface area contributed by atoms with Crippen molar-refractivity contribution in [2.75, 3.05) is 19.0 Å². The van der Waals surface area contributed by atoms with E-state index < -0.39 is 30.2 Å². The van der Waals surface area contributed by atoms with E-state index >= 15 is 0 Å². The number of hydrogen-bond donors (Lipinski definition) is 2. The third-order valence-electron chi connectivity index (χ3n) is 5.83. The molecule has 0 aliphatic carbocycles. The number of anilines is 1. The number of ether oxygens (including phenoxy) is 1. The van der Waals surface area contributed by atoms with Crippen molar-refractivity contribution in [2.45, 2.75) is 40.0 Å². The Morgan fingerprint density at radius 3 is 2.44 bits per heavy atom. The number of nitrogens with two attached hydrogens (primary N) is 1. The van der Waals surface area contributed by atoms with Crippen LogP contribution in [0.1, 0.15) is 30.5 Å². The van der Waals surface area contributed by atoms with Gasteiger partial charge < -0.3 is 10.1 Å². The second kappa shape index (κ2) is 10.8. The number of nitrogens with zero attached hydrogens (tertiary/aromatic N) is 3. The van der Waals surface area contributed by atoms with E-state index in [0.717, 1.165) is 27.5 Å². The highest BCUT2D eigenvalue weighted by Crippen LogP contribution is 2.25. The van der Waals surface area contributed by atoms with Gasteiger partial charge in [0, 0.05) is 17.3 Å². The van der Waals surface area contributed by atoms with E-state index in [0.29, 0.717) is 10.7 Å². The van der Waals surface area contributed by atoms with Crippen molar-refractivity contribution in [3.05, 3.63) is 64.2 Å². The van der Waals surface area contributed by atoms with Crippen LogP contribution >= 0.6 is 11.6 Å². The Balaban J connectivity index is 1.94. The van der Waals surface area contributed by atoms with Gasteiger partial charge in [0.25, 0.3) is 0 Å². The number of methoxy groups -OCH3 is 1. The Bertz CT molecular complexity index is 1060. The van der Waals surface area contributed by atoms with E-state index in [1.54, 1.807) is 31.2 Å². The molecule has 2 aromatic carbocycles. The van der Waals surface area contributed by atoms with Crippen LogP contribution in [-0.4, -0.2) is 52.8 Å². The van der Waals surface area contributed by atoms with Crippen LogP contribution in [0.2, 0.25) is 5.02 Å². The molecule has 182 valence electrons. The van der Waals surface area contributed by atoms with E-state index in [-0.39, 0.29) is 13.1 Å². The number of urea groups is 2. The molecular weight excluding hydrogens is 458 g/mol. The number of aryl methyl sites for hydroxylation is 2. The highest BCUT2D eigenvalue weighted by atomic mass is 35.5. The Morgan fingerprint density at radius 1 is 1.18 bits per heavy atom. The monoisotopic (exact) mass is 487 g/mol. The predicted molar refractivity (Wildman–Crippen MR) is 130 cm³/mol. The lowest BCUT2D eigenvalue weighted by Crippen LogP contribution is -2.70. The van der Waals surface area contributed by atoms with Gasteiger partial charge in [-0.3, -0.25) is 9.69 Å². The molecule has 1 aliphatic rings. The smallest absolute Gasteiger partial charge is 0.345 e. The minimum Gasteiger partial charge on any atom is -0.469 e. The summed E-state index contributed by atoms with van der Waals surface area (Å²) in [6.07, 6.45) is -0.0572. The number of hydrogen-bond acceptors (Lipinski definition) is 6. The van der Waals surface area contributed by atoms with Gasteiger partial charge in [-0.2, -0.15) is 0 Å². The fourth-order valence-electron chi connectivity index (χ4n) is 3.86. The lowest BCUT2D eigenvalue weighted by Gasteiger charge is -2.45. The van der Waals surface area contributed by atoms with Crippen molar-refractivity contribution in [2.24, 2.45) is 11.8 Å². The van der Waals surface area contributed by atoms with Gasteiger partial charge in [-0.15, -0.1) is 0 Å². The van der Waals surface area contributed by atoms with Crippen LogP contribution in [-0.2, 0) is 22.5 Å². The Labute approximate surface area is 204 Å². The second-order valence-corrected chi connectivity index (χ2v) is 8.71. The van der Waals surface area contributed by atoms with Gasteiger partial charge >= 0.3 is 18.0 Å². The SMILES string of the molecule is CCc1ccc(NC2N(N)C(=O)N(C[C@H](C)C(=O)OC)C(=O)N2Cc2ccc(Cl)cc2)cc1C. The van der Waals surface area contributed by atoms with Crippen molar-refractivity contribution < 1.29 is 19.1 Å². The van der Waals surface area contributed by atoms with Crippen molar-refractivity contribution >= 4 is 35.3 Å². The molecule has 0 bridgehead atoms. The zero-order chi connectivity index (χ0) is 25.0. The molecule has 1 fully saturated rings. The number of benzene rings is 2. The van der Waals surface area contributed by atoms with Gasteiger partial charge in [0.1, 0.15) is 0 Å². The van der Waals surface area contributed by atoms with Crippen molar-refractivity contribution in [1.82, 2.24) is 14.8 Å². The topological polar surface area (TPSA) is 108 Å². The summed E-state index contributed by atoms with van der Waals surface area (Å²) in [7, 11) is 1.26. The van der Waals surface area contributed by atoms with E-state index in [1.165, 1.54) is 17.6 Å². The standard InChI is InChI=1S/C24H30ClN5O4/c1-5-18-8-11-20(12-15(18)2)27-22-28(14-17-6-9-19(25)10-7-17)23(32)29(24(33)30(22)26)13-16(3)21(31)34-4/h6-12,16,22,27H,5,13-14,26H2,1-4H3/t16-,22?/m0/s1. The molecule has 2 atom stereocenters. The Morgan fingerprint density at radius 2 is 1.85 bits per heavy atom. The molecule has 0 radical (unpaired) electrons. The van der Waals surface area contributed by atoms with Crippen LogP contribution in [0.25, 0.3) is 0 Å². The average Bonchev–Trinajstić information content (AvgIpc) is 2.83. The second-order valence-electron chi connectivity index (χ2n) is 8.27. The normalized spacial score (nSPS) is 17.1. The summed E-state index contributed by atoms with van der Waals surface area (Å²) in [4.78, 5) is 40.9. The quantitative estimate of drug-likeness (QED) is 0.331. The van der Waals surface area contributed by atoms with Crippen molar-refractivity contribution in [1.29, 1.82) is 0 Å². The van der Waals surface area contributed by atoms with Gasteiger partial charge in [0.15, 0.2) is 0 Å². The summed E-state index contributed by atoms with van der Waals surface area (Å²) >= 11 is 6.01. The molecule has 0 aromatic heterocycles. The summed E-state index contributed by atoms with van der Waals surface area (Å²) in [6, 6.07) is 11.6. The Hall–Kier alpha value is -3.30. The molecule has 4 amide bonds. The maximum Gasteiger partial charge on any atom is 0.345 e. The zero-order valence-corrected chi connectivity index (χ0v) is 20.5. The summed E-state index contributed by atoms with van der Waals surface area (Å²) in [6.45, 7) is 5.66. The predicted octanol–water partition coefficient (Wildman–Crippen LogP) is 3.95. The molecule has 3 N–H and O–H groups in total. The minimum atomic E-state index is -0.952. The number of hydrazine groups is 1. The van der Waals surface area contributed by atoms with Gasteiger partial charge in [0.2, 0.25) is 6.29 Å². The summed E-state index contributed by atoms with van der Waals surface area (Å²) in [5, 5.41) is 4.75. The summed E-state index contributed by atoms with van der Waals surface area (Å²) < 4.78 is 4.74. The number of carbonyl (C=O) groups is 3. The molecule has 34 heavy (non-hydrogen) atoms. The molecule has 1 saturated heterocycles. The number of amides is 4. The van der Waals surface area contributed by atoms with Crippen LogP contribution < -0.4 is 11.2 Å². The van der Waals surface area contributed by atoms with E-state index in [2.05, 4.69) is 12.2 Å². The van der Waals surface area contributed by atoms with Crippen LogP contribution in [0.3, 0.4) is 0 Å². The molecule has 9 nitrogen and oxygen atoms in total. The first-order valence-corrected chi connectivity index (χ1v) is 11.4. The first-order chi connectivity index (χ1) is 16.2. The average molecular weight is 488 g/mol. The number of halogens is 1. The molecule has 1 heterocycles. The molecule has 0 saturated carbocycles. The number of carbonyl (C=O) groups excluding carboxylic acids is 3. The third-order valence-corrected chi connectivity index (χ3v) is 6.08. The van der Waals surface area contributed by atoms with Gasteiger partial charge in [-0.1, -0.05) is 43.6 Å². The summed E-state index contributed by atoms with van der Waals surface area (Å²) in [5.41, 5.74) is 3.80. The molecular formula is C24H30ClN5O4. The number of nitrogens with one attached hydrogen (secondary N) is 1. The van der Waals surface area contributed by atoms with E-state index in [1.807, 2.05) is 25.1 Å². The Kier molecular flexibility index (Phi) is 8.01. The van der Waals surface area contributed by atoms with Crippen LogP contribution in [0.15, 0.2) is 42.5 Å². The molecule has 3 rings (SSSR count). The number of esters is 1. The van der Waals surface area contributed by atoms with Crippen LogP contribution in [0.5, 0.6) is 0 Å². The van der Waals surface area contributed by atoms with Crippen molar-refractivity contribution in [3.8, 4) is 0 Å². The number of imide groups is 1. The minimum absolute atomic E-state index is 0.157. The maximum absolute atomic E-state index is 13.5. The highest BCUT2D eigenvalue weighted by molar-refractivity contribution is 6.30. The third kappa shape index (κ3) is 5.43. The van der Waals surface area contributed by atoms with Crippen LogP contribution in [0, 0.1) is 12.8 Å². The largest absolute Gasteiger partial charge is 0.469 e. The van der Waals surface area contributed by atoms with Crippen LogP contribution in [0.4, 0.5) is 15.3 Å². The lowest BCUT2D eigenvalue weighted by atomic mass is 10.1. The first-order valence-electron chi connectivity index (χ1n) is 11.0. The molecule has 2 aromatic rings. The number of rotatable bonds is 8. The first kappa shape index (κ1) is 25.3. The molecule has 0 spiro atoms.